The van der Waals surface area contributed by atoms with E-state index in [-0.39, 0.29) is 5.91 Å². The molecule has 0 atom stereocenters. The summed E-state index contributed by atoms with van der Waals surface area (Å²) >= 11 is 0. The van der Waals surface area contributed by atoms with Crippen molar-refractivity contribution in [1.29, 1.82) is 0 Å². The summed E-state index contributed by atoms with van der Waals surface area (Å²) in [5.74, 6) is 0.818. The van der Waals surface area contributed by atoms with E-state index < -0.39 is 0 Å². The second-order valence-corrected chi connectivity index (χ2v) is 4.74. The largest absolute Gasteiger partial charge is 0.441 e. The number of hydrogen-bond donors (Lipinski definition) is 1. The number of nitrogens with one attached hydrogen (secondary N) is 1. The van der Waals surface area contributed by atoms with Crippen LogP contribution in [-0.4, -0.2) is 17.4 Å². The third-order valence-corrected chi connectivity index (χ3v) is 3.05. The minimum atomic E-state index is 0.137. The lowest BCUT2D eigenvalue weighted by Crippen LogP contribution is -2.25. The van der Waals surface area contributed by atoms with Crippen LogP contribution < -0.4 is 5.32 Å². The van der Waals surface area contributed by atoms with Crippen molar-refractivity contribution < 1.29 is 9.21 Å². The summed E-state index contributed by atoms with van der Waals surface area (Å²) in [5.41, 5.74) is 2.85. The molecule has 0 spiro atoms. The Morgan fingerprint density at radius 2 is 2.26 bits per heavy atom. The van der Waals surface area contributed by atoms with E-state index in [0.717, 1.165) is 35.9 Å². The number of aromatic nitrogens is 1. The second-order valence-electron chi connectivity index (χ2n) is 4.74. The van der Waals surface area contributed by atoms with Gasteiger partial charge in [0.25, 0.3) is 0 Å². The van der Waals surface area contributed by atoms with Crippen LogP contribution in [0.25, 0.3) is 11.1 Å². The van der Waals surface area contributed by atoms with Crippen molar-refractivity contribution in [3.8, 4) is 0 Å². The molecule has 1 amide bonds. The van der Waals surface area contributed by atoms with Crippen molar-refractivity contribution in [2.45, 2.75) is 39.5 Å². The molecule has 4 nitrogen and oxygen atoms in total. The van der Waals surface area contributed by atoms with Crippen molar-refractivity contribution in [2.24, 2.45) is 0 Å². The van der Waals surface area contributed by atoms with E-state index >= 15 is 0 Å². The molecule has 2 aromatic rings. The average Bonchev–Trinajstić information content (AvgIpc) is 2.75. The summed E-state index contributed by atoms with van der Waals surface area (Å²) in [6, 6.07) is 5.98. The molecule has 0 aliphatic carbocycles. The number of benzene rings is 1. The maximum atomic E-state index is 11.5. The Bertz CT molecular complexity index is 560. The first-order valence-corrected chi connectivity index (χ1v) is 6.82. The Morgan fingerprint density at radius 1 is 1.42 bits per heavy atom. The van der Waals surface area contributed by atoms with Gasteiger partial charge in [-0.25, -0.2) is 4.98 Å². The van der Waals surface area contributed by atoms with E-state index in [1.54, 1.807) is 0 Å². The lowest BCUT2D eigenvalue weighted by atomic mass is 10.1. The third-order valence-electron chi connectivity index (χ3n) is 3.05. The third kappa shape index (κ3) is 3.81. The smallest absolute Gasteiger partial charge is 0.220 e. The van der Waals surface area contributed by atoms with Crippen molar-refractivity contribution in [3.05, 3.63) is 29.7 Å². The van der Waals surface area contributed by atoms with Gasteiger partial charge < -0.3 is 9.73 Å². The van der Waals surface area contributed by atoms with Gasteiger partial charge in [-0.15, -0.1) is 0 Å². The second kappa shape index (κ2) is 6.36. The number of hydrogen-bond acceptors (Lipinski definition) is 3. The first kappa shape index (κ1) is 13.6. The predicted molar refractivity (Wildman–Crippen MR) is 75.0 cm³/mol. The molecule has 0 bridgehead atoms. The number of aryl methyl sites for hydroxylation is 1. The number of rotatable bonds is 6. The quantitative estimate of drug-likeness (QED) is 0.868. The SMILES string of the molecule is CCCCC(=O)NCCc1ccc2nc(C)oc2c1. The Kier molecular flexibility index (Phi) is 4.55. The molecule has 0 aliphatic heterocycles. The van der Waals surface area contributed by atoms with E-state index in [9.17, 15) is 4.79 Å². The van der Waals surface area contributed by atoms with Gasteiger partial charge in [0.15, 0.2) is 11.5 Å². The lowest BCUT2D eigenvalue weighted by Gasteiger charge is -2.04. The van der Waals surface area contributed by atoms with Gasteiger partial charge in [0.2, 0.25) is 5.91 Å². The summed E-state index contributed by atoms with van der Waals surface area (Å²) in [4.78, 5) is 15.7. The van der Waals surface area contributed by atoms with E-state index in [2.05, 4.69) is 17.2 Å². The first-order valence-electron chi connectivity index (χ1n) is 6.82. The maximum Gasteiger partial charge on any atom is 0.220 e. The summed E-state index contributed by atoms with van der Waals surface area (Å²) in [5, 5.41) is 2.93. The molecule has 0 radical (unpaired) electrons. The zero-order valence-electron chi connectivity index (χ0n) is 11.5. The number of amides is 1. The zero-order chi connectivity index (χ0) is 13.7. The molecule has 1 aromatic carbocycles. The van der Waals surface area contributed by atoms with Gasteiger partial charge in [0, 0.05) is 19.9 Å². The summed E-state index contributed by atoms with van der Waals surface area (Å²) in [7, 11) is 0. The highest BCUT2D eigenvalue weighted by Gasteiger charge is 2.04. The van der Waals surface area contributed by atoms with Crippen molar-refractivity contribution in [1.82, 2.24) is 10.3 Å². The van der Waals surface area contributed by atoms with E-state index in [1.165, 1.54) is 0 Å². The normalized spacial score (nSPS) is 10.8. The zero-order valence-corrected chi connectivity index (χ0v) is 11.5. The first-order chi connectivity index (χ1) is 9.19. The predicted octanol–water partition coefficient (Wildman–Crippen LogP) is 2.99. The van der Waals surface area contributed by atoms with Crippen LogP contribution in [0.15, 0.2) is 22.6 Å². The Hall–Kier alpha value is -1.84. The summed E-state index contributed by atoms with van der Waals surface area (Å²) in [6.45, 7) is 4.59. The summed E-state index contributed by atoms with van der Waals surface area (Å²) in [6.07, 6.45) is 3.44. The van der Waals surface area contributed by atoms with Crippen LogP contribution in [0.4, 0.5) is 0 Å². The maximum absolute atomic E-state index is 11.5. The standard InChI is InChI=1S/C15H20N2O2/c1-3-4-5-15(18)16-9-8-12-6-7-13-14(10-12)19-11(2)17-13/h6-7,10H,3-5,8-9H2,1-2H3,(H,16,18). The van der Waals surface area contributed by atoms with E-state index in [4.69, 9.17) is 4.42 Å². The fraction of sp³-hybridized carbons (Fsp3) is 0.467. The molecule has 2 rings (SSSR count). The van der Waals surface area contributed by atoms with E-state index in [0.29, 0.717) is 18.9 Å². The average molecular weight is 260 g/mol. The molecule has 102 valence electrons. The number of unbranched alkanes of at least 4 members (excludes halogenated alkanes) is 1. The van der Waals surface area contributed by atoms with Gasteiger partial charge in [-0.05, 0) is 30.5 Å². The van der Waals surface area contributed by atoms with Crippen molar-refractivity contribution in [2.75, 3.05) is 6.54 Å². The van der Waals surface area contributed by atoms with Gasteiger partial charge in [0.05, 0.1) is 0 Å². The Balaban J connectivity index is 1.86. The minimum Gasteiger partial charge on any atom is -0.441 e. The molecule has 0 saturated heterocycles. The highest BCUT2D eigenvalue weighted by atomic mass is 16.3. The molecule has 0 fully saturated rings. The van der Waals surface area contributed by atoms with Gasteiger partial charge in [0.1, 0.15) is 5.52 Å². The number of carbonyl (C=O) groups excluding carboxylic acids is 1. The monoisotopic (exact) mass is 260 g/mol. The topological polar surface area (TPSA) is 55.1 Å². The molecule has 1 heterocycles. The lowest BCUT2D eigenvalue weighted by molar-refractivity contribution is -0.121. The highest BCUT2D eigenvalue weighted by molar-refractivity contribution is 5.76. The van der Waals surface area contributed by atoms with Crippen LogP contribution in [0.5, 0.6) is 0 Å². The fourth-order valence-corrected chi connectivity index (χ4v) is 2.01. The van der Waals surface area contributed by atoms with Gasteiger partial charge >= 0.3 is 0 Å². The molecule has 1 N–H and O–H groups in total. The van der Waals surface area contributed by atoms with Gasteiger partial charge in [-0.1, -0.05) is 19.4 Å². The molecule has 0 aliphatic rings. The number of oxazole rings is 1. The van der Waals surface area contributed by atoms with Crippen molar-refractivity contribution >= 4 is 17.0 Å². The van der Waals surface area contributed by atoms with Gasteiger partial charge in [-0.2, -0.15) is 0 Å². The molecular weight excluding hydrogens is 240 g/mol. The Morgan fingerprint density at radius 3 is 3.05 bits per heavy atom. The summed E-state index contributed by atoms with van der Waals surface area (Å²) < 4.78 is 5.49. The van der Waals surface area contributed by atoms with Crippen LogP contribution in [-0.2, 0) is 11.2 Å². The number of fused-ring (bicyclic) bond motifs is 1. The Labute approximate surface area is 113 Å². The molecule has 4 heteroatoms. The van der Waals surface area contributed by atoms with Crippen LogP contribution in [0, 0.1) is 6.92 Å². The highest BCUT2D eigenvalue weighted by Crippen LogP contribution is 2.16. The van der Waals surface area contributed by atoms with Crippen molar-refractivity contribution in [3.63, 3.8) is 0 Å². The van der Waals surface area contributed by atoms with Crippen LogP contribution in [0.1, 0.15) is 37.6 Å². The minimum absolute atomic E-state index is 0.137. The molecular formula is C15H20N2O2. The van der Waals surface area contributed by atoms with Crippen LogP contribution >= 0.6 is 0 Å². The van der Waals surface area contributed by atoms with Crippen LogP contribution in [0.3, 0.4) is 0 Å². The van der Waals surface area contributed by atoms with Gasteiger partial charge in [-0.3, -0.25) is 4.79 Å². The molecule has 0 unspecified atom stereocenters. The fourth-order valence-electron chi connectivity index (χ4n) is 2.01. The molecule has 1 aromatic heterocycles. The van der Waals surface area contributed by atoms with Crippen LogP contribution in [0.2, 0.25) is 0 Å². The molecule has 19 heavy (non-hydrogen) atoms. The number of carbonyl (C=O) groups is 1. The number of nitrogens with zero attached hydrogens (tertiary/aromatic N) is 1. The molecule has 0 saturated carbocycles. The van der Waals surface area contributed by atoms with E-state index in [1.807, 2.05) is 25.1 Å².